The number of furan rings is 1. The van der Waals surface area contributed by atoms with Crippen LogP contribution in [0.25, 0.3) is 0 Å². The van der Waals surface area contributed by atoms with Crippen LogP contribution in [0.1, 0.15) is 49.6 Å². The molecule has 0 bridgehead atoms. The number of hydrogen-bond donors (Lipinski definition) is 3. The van der Waals surface area contributed by atoms with E-state index in [4.69, 9.17) is 4.42 Å². The van der Waals surface area contributed by atoms with Crippen LogP contribution in [0.15, 0.2) is 27.8 Å². The molecule has 1 aromatic rings. The van der Waals surface area contributed by atoms with Crippen molar-refractivity contribution < 1.29 is 9.21 Å². The van der Waals surface area contributed by atoms with E-state index in [1.54, 1.807) is 12.1 Å². The van der Waals surface area contributed by atoms with Gasteiger partial charge in [0.05, 0.1) is 6.26 Å². The monoisotopic (exact) mass is 363 g/mol. The lowest BCUT2D eigenvalue weighted by Crippen LogP contribution is -2.41. The van der Waals surface area contributed by atoms with Crippen LogP contribution < -0.4 is 16.0 Å². The molecule has 7 heteroatoms. The van der Waals surface area contributed by atoms with Crippen molar-refractivity contribution in [3.8, 4) is 0 Å². The molecule has 0 saturated carbocycles. The fourth-order valence-electron chi connectivity index (χ4n) is 3.04. The van der Waals surface area contributed by atoms with E-state index in [1.165, 1.54) is 45.0 Å². The first kappa shape index (κ1) is 20.3. The van der Waals surface area contributed by atoms with E-state index in [2.05, 4.69) is 25.8 Å². The topological polar surface area (TPSA) is 81.9 Å². The minimum Gasteiger partial charge on any atom is -0.459 e. The Balaban J connectivity index is 1.61. The lowest BCUT2D eigenvalue weighted by atomic mass is 10.2. The van der Waals surface area contributed by atoms with Gasteiger partial charge in [0, 0.05) is 26.2 Å². The van der Waals surface area contributed by atoms with Gasteiger partial charge in [0.1, 0.15) is 0 Å². The van der Waals surface area contributed by atoms with Gasteiger partial charge in [-0.25, -0.2) is 0 Å². The maximum absolute atomic E-state index is 11.8. The highest BCUT2D eigenvalue weighted by Gasteiger charge is 2.08. The minimum atomic E-state index is -0.198. The van der Waals surface area contributed by atoms with Gasteiger partial charge in [-0.05, 0) is 58.0 Å². The van der Waals surface area contributed by atoms with Crippen LogP contribution in [-0.4, -0.2) is 62.6 Å². The predicted octanol–water partition coefficient (Wildman–Crippen LogP) is 1.83. The number of nitrogens with zero attached hydrogens (tertiary/aromatic N) is 2. The molecule has 3 N–H and O–H groups in total. The number of carbonyl (C=O) groups is 1. The number of nitrogens with one attached hydrogen (secondary N) is 3. The molecule has 0 spiro atoms. The molecule has 0 aromatic carbocycles. The SMILES string of the molecule is CCNC(=NCCCN1CCCCCC1)NCCNC(=O)c1ccco1. The molecule has 1 amide bonds. The van der Waals surface area contributed by atoms with Gasteiger partial charge >= 0.3 is 0 Å². The average Bonchev–Trinajstić information content (AvgIpc) is 3.07. The normalized spacial score (nSPS) is 16.1. The van der Waals surface area contributed by atoms with Crippen molar-refractivity contribution in [2.75, 3.05) is 45.8 Å². The lowest BCUT2D eigenvalue weighted by molar-refractivity contribution is 0.0926. The maximum Gasteiger partial charge on any atom is 0.287 e. The van der Waals surface area contributed by atoms with Gasteiger partial charge in [0.2, 0.25) is 0 Å². The van der Waals surface area contributed by atoms with Gasteiger partial charge < -0.3 is 25.3 Å². The molecule has 1 aromatic heterocycles. The first-order chi connectivity index (χ1) is 12.8. The molecule has 2 heterocycles. The van der Waals surface area contributed by atoms with Crippen molar-refractivity contribution in [3.63, 3.8) is 0 Å². The van der Waals surface area contributed by atoms with E-state index >= 15 is 0 Å². The zero-order chi connectivity index (χ0) is 18.5. The summed E-state index contributed by atoms with van der Waals surface area (Å²) < 4.78 is 5.06. The molecule has 0 radical (unpaired) electrons. The molecule has 26 heavy (non-hydrogen) atoms. The standard InChI is InChI=1S/C19H33N5O2/c1-2-20-19(22-10-8-15-24-13-5-3-4-6-14-24)23-12-11-21-18(25)17-9-7-16-26-17/h7,9,16H,2-6,8,10-15H2,1H3,(H,21,25)(H2,20,22,23). The van der Waals surface area contributed by atoms with Crippen LogP contribution in [-0.2, 0) is 0 Å². The molecule has 1 aliphatic heterocycles. The van der Waals surface area contributed by atoms with E-state index in [0.29, 0.717) is 18.8 Å². The Kier molecular flexibility index (Phi) is 9.64. The fourth-order valence-corrected chi connectivity index (χ4v) is 3.04. The van der Waals surface area contributed by atoms with Crippen LogP contribution in [0.2, 0.25) is 0 Å². The Bertz CT molecular complexity index is 522. The van der Waals surface area contributed by atoms with Gasteiger partial charge in [-0.1, -0.05) is 12.8 Å². The van der Waals surface area contributed by atoms with Crippen molar-refractivity contribution >= 4 is 11.9 Å². The molecule has 0 aliphatic carbocycles. The van der Waals surface area contributed by atoms with Crippen LogP contribution in [0.3, 0.4) is 0 Å². The number of likely N-dealkylation sites (tertiary alicyclic amines) is 1. The molecule has 1 aliphatic rings. The number of amides is 1. The zero-order valence-corrected chi connectivity index (χ0v) is 15.9. The van der Waals surface area contributed by atoms with E-state index in [-0.39, 0.29) is 5.91 Å². The first-order valence-corrected chi connectivity index (χ1v) is 9.86. The zero-order valence-electron chi connectivity index (χ0n) is 15.9. The maximum atomic E-state index is 11.8. The molecule has 0 atom stereocenters. The Labute approximate surface area is 156 Å². The van der Waals surface area contributed by atoms with E-state index < -0.39 is 0 Å². The summed E-state index contributed by atoms with van der Waals surface area (Å²) in [6, 6.07) is 3.35. The third-order valence-corrected chi connectivity index (χ3v) is 4.39. The van der Waals surface area contributed by atoms with Crippen LogP contribution in [0, 0.1) is 0 Å². The lowest BCUT2D eigenvalue weighted by Gasteiger charge is -2.19. The van der Waals surface area contributed by atoms with Gasteiger partial charge in [-0.15, -0.1) is 0 Å². The smallest absolute Gasteiger partial charge is 0.287 e. The summed E-state index contributed by atoms with van der Waals surface area (Å²) in [6.45, 7) is 8.40. The van der Waals surface area contributed by atoms with Gasteiger partial charge in [0.25, 0.3) is 5.91 Å². The summed E-state index contributed by atoms with van der Waals surface area (Å²) >= 11 is 0. The molecular weight excluding hydrogens is 330 g/mol. The number of carbonyl (C=O) groups excluding carboxylic acids is 1. The highest BCUT2D eigenvalue weighted by atomic mass is 16.3. The highest BCUT2D eigenvalue weighted by molar-refractivity contribution is 5.91. The largest absolute Gasteiger partial charge is 0.459 e. The number of rotatable bonds is 9. The molecular formula is C19H33N5O2. The molecule has 1 fully saturated rings. The predicted molar refractivity (Wildman–Crippen MR) is 105 cm³/mol. The first-order valence-electron chi connectivity index (χ1n) is 9.86. The summed E-state index contributed by atoms with van der Waals surface area (Å²) in [5.74, 6) is 0.936. The number of guanidine groups is 1. The molecule has 2 rings (SSSR count). The Morgan fingerprint density at radius 1 is 1.15 bits per heavy atom. The minimum absolute atomic E-state index is 0.198. The summed E-state index contributed by atoms with van der Waals surface area (Å²) in [7, 11) is 0. The number of aliphatic imine (C=N–C) groups is 1. The van der Waals surface area contributed by atoms with Crippen molar-refractivity contribution in [2.45, 2.75) is 39.0 Å². The van der Waals surface area contributed by atoms with Crippen molar-refractivity contribution in [2.24, 2.45) is 4.99 Å². The third-order valence-electron chi connectivity index (χ3n) is 4.39. The fraction of sp³-hybridized carbons (Fsp3) is 0.684. The summed E-state index contributed by atoms with van der Waals surface area (Å²) in [4.78, 5) is 19.0. The van der Waals surface area contributed by atoms with E-state index in [1.807, 2.05) is 6.92 Å². The summed E-state index contributed by atoms with van der Waals surface area (Å²) in [5.41, 5.74) is 0. The van der Waals surface area contributed by atoms with Crippen molar-refractivity contribution in [1.82, 2.24) is 20.9 Å². The molecule has 7 nitrogen and oxygen atoms in total. The summed E-state index contributed by atoms with van der Waals surface area (Å²) in [5, 5.41) is 9.30. The van der Waals surface area contributed by atoms with Crippen LogP contribution in [0.4, 0.5) is 0 Å². The van der Waals surface area contributed by atoms with Crippen molar-refractivity contribution in [3.05, 3.63) is 24.2 Å². The molecule has 1 saturated heterocycles. The molecule has 146 valence electrons. The Morgan fingerprint density at radius 3 is 2.62 bits per heavy atom. The Morgan fingerprint density at radius 2 is 1.92 bits per heavy atom. The van der Waals surface area contributed by atoms with Crippen LogP contribution in [0.5, 0.6) is 0 Å². The van der Waals surface area contributed by atoms with Crippen molar-refractivity contribution in [1.29, 1.82) is 0 Å². The average molecular weight is 364 g/mol. The number of hydrogen-bond acceptors (Lipinski definition) is 4. The van der Waals surface area contributed by atoms with Gasteiger partial charge in [-0.2, -0.15) is 0 Å². The van der Waals surface area contributed by atoms with Gasteiger partial charge in [0.15, 0.2) is 11.7 Å². The second-order valence-corrected chi connectivity index (χ2v) is 6.53. The van der Waals surface area contributed by atoms with Crippen LogP contribution >= 0.6 is 0 Å². The van der Waals surface area contributed by atoms with E-state index in [9.17, 15) is 4.79 Å². The summed E-state index contributed by atoms with van der Waals surface area (Å²) in [6.07, 6.45) is 7.98. The van der Waals surface area contributed by atoms with E-state index in [0.717, 1.165) is 32.0 Å². The van der Waals surface area contributed by atoms with Gasteiger partial charge in [-0.3, -0.25) is 9.79 Å². The Hall–Kier alpha value is -2.02. The third kappa shape index (κ3) is 7.91. The second-order valence-electron chi connectivity index (χ2n) is 6.53. The quantitative estimate of drug-likeness (QED) is 0.354. The molecule has 0 unspecified atom stereocenters. The highest BCUT2D eigenvalue weighted by Crippen LogP contribution is 2.09. The second kappa shape index (κ2) is 12.4.